The fourth-order valence-corrected chi connectivity index (χ4v) is 2.82. The average molecular weight is 470 g/mol. The monoisotopic (exact) mass is 470 g/mol. The van der Waals surface area contributed by atoms with E-state index in [-0.39, 0.29) is 41.0 Å². The Morgan fingerprint density at radius 1 is 1.16 bits per heavy atom. The number of hydrogen-bond donors (Lipinski definition) is 2. The lowest BCUT2D eigenvalue weighted by molar-refractivity contribution is -0.00687. The molecule has 0 aromatic heterocycles. The van der Waals surface area contributed by atoms with Crippen LogP contribution in [0.5, 0.6) is 0 Å². The van der Waals surface area contributed by atoms with Crippen molar-refractivity contribution in [2.75, 3.05) is 53.0 Å². The lowest BCUT2D eigenvalue weighted by Gasteiger charge is -2.40. The summed E-state index contributed by atoms with van der Waals surface area (Å²) in [5.74, 6) is 0.852. The van der Waals surface area contributed by atoms with Gasteiger partial charge in [0.05, 0.1) is 25.9 Å². The Hall–Kier alpha value is -0.120. The third kappa shape index (κ3) is 8.88. The smallest absolute Gasteiger partial charge is 0.191 e. The van der Waals surface area contributed by atoms with Gasteiger partial charge in [0.1, 0.15) is 0 Å². The van der Waals surface area contributed by atoms with E-state index >= 15 is 0 Å². The molecule has 1 aliphatic rings. The van der Waals surface area contributed by atoms with Gasteiger partial charge >= 0.3 is 0 Å². The maximum atomic E-state index is 5.62. The van der Waals surface area contributed by atoms with Gasteiger partial charge in [-0.2, -0.15) is 0 Å². The summed E-state index contributed by atoms with van der Waals surface area (Å²) in [7, 11) is 1.77. The Morgan fingerprint density at radius 2 is 1.76 bits per heavy atom. The molecule has 1 rings (SSSR count). The highest BCUT2D eigenvalue weighted by atomic mass is 127. The molecular formula is C18H39IN4O2. The minimum atomic E-state index is 0. The standard InChI is InChI=1S/C18H38N4O2.HI/c1-8-19-16(20-13-15(23-7)17(2,3)4)21-14-18(5,6)22-9-11-24-12-10-22;/h15H,8-14H2,1-7H3,(H2,19,20,21);1H. The summed E-state index contributed by atoms with van der Waals surface area (Å²) in [6, 6.07) is 0. The van der Waals surface area contributed by atoms with Crippen LogP contribution >= 0.6 is 24.0 Å². The molecule has 0 aliphatic carbocycles. The van der Waals surface area contributed by atoms with Gasteiger partial charge in [-0.3, -0.25) is 9.89 Å². The van der Waals surface area contributed by atoms with Gasteiger partial charge in [0.15, 0.2) is 5.96 Å². The predicted molar refractivity (Wildman–Crippen MR) is 116 cm³/mol. The highest BCUT2D eigenvalue weighted by molar-refractivity contribution is 14.0. The Bertz CT molecular complexity index is 391. The van der Waals surface area contributed by atoms with Crippen molar-refractivity contribution in [3.05, 3.63) is 0 Å². The van der Waals surface area contributed by atoms with E-state index in [1.165, 1.54) is 0 Å². The number of ether oxygens (including phenoxy) is 2. The molecule has 1 aliphatic heterocycles. The summed E-state index contributed by atoms with van der Waals surface area (Å²) in [5, 5.41) is 6.75. The van der Waals surface area contributed by atoms with Crippen molar-refractivity contribution in [3.8, 4) is 0 Å². The second-order valence-corrected chi connectivity index (χ2v) is 8.08. The average Bonchev–Trinajstić information content (AvgIpc) is 2.52. The molecule has 1 fully saturated rings. The summed E-state index contributed by atoms with van der Waals surface area (Å²) < 4.78 is 11.1. The van der Waals surface area contributed by atoms with E-state index in [0.29, 0.717) is 0 Å². The first-order valence-corrected chi connectivity index (χ1v) is 9.08. The number of morpholine rings is 1. The van der Waals surface area contributed by atoms with Crippen LogP contribution in [0.25, 0.3) is 0 Å². The molecule has 0 spiro atoms. The maximum absolute atomic E-state index is 5.62. The molecule has 0 bridgehead atoms. The van der Waals surface area contributed by atoms with Crippen LogP contribution in [-0.2, 0) is 9.47 Å². The predicted octanol–water partition coefficient (Wildman–Crippen LogP) is 2.33. The maximum Gasteiger partial charge on any atom is 0.191 e. The molecule has 7 heteroatoms. The van der Waals surface area contributed by atoms with Crippen LogP contribution in [0, 0.1) is 5.41 Å². The zero-order valence-electron chi connectivity index (χ0n) is 17.1. The van der Waals surface area contributed by atoms with Crippen LogP contribution in [0.4, 0.5) is 0 Å². The van der Waals surface area contributed by atoms with E-state index in [4.69, 9.17) is 14.5 Å². The number of methoxy groups -OCH3 is 1. The van der Waals surface area contributed by atoms with Crippen molar-refractivity contribution >= 4 is 29.9 Å². The highest BCUT2D eigenvalue weighted by Crippen LogP contribution is 2.21. The van der Waals surface area contributed by atoms with Gasteiger partial charge in [0, 0.05) is 38.8 Å². The van der Waals surface area contributed by atoms with Crippen molar-refractivity contribution in [2.45, 2.75) is 53.2 Å². The number of aliphatic imine (C=N–C) groups is 1. The van der Waals surface area contributed by atoms with Crippen molar-refractivity contribution in [1.82, 2.24) is 15.5 Å². The lowest BCUT2D eigenvalue weighted by Crippen LogP contribution is -2.52. The molecule has 0 saturated carbocycles. The minimum Gasteiger partial charge on any atom is -0.379 e. The van der Waals surface area contributed by atoms with Gasteiger partial charge in [-0.25, -0.2) is 0 Å². The number of hydrogen-bond acceptors (Lipinski definition) is 4. The van der Waals surface area contributed by atoms with Gasteiger partial charge in [-0.1, -0.05) is 20.8 Å². The molecule has 2 N–H and O–H groups in total. The number of nitrogens with one attached hydrogen (secondary N) is 2. The molecule has 1 unspecified atom stereocenters. The van der Waals surface area contributed by atoms with Crippen molar-refractivity contribution in [1.29, 1.82) is 0 Å². The zero-order valence-corrected chi connectivity index (χ0v) is 19.5. The summed E-state index contributed by atoms with van der Waals surface area (Å²) in [6.45, 7) is 19.1. The molecule has 25 heavy (non-hydrogen) atoms. The number of guanidine groups is 1. The Morgan fingerprint density at radius 3 is 2.24 bits per heavy atom. The third-order valence-electron chi connectivity index (χ3n) is 4.54. The topological polar surface area (TPSA) is 58.1 Å². The lowest BCUT2D eigenvalue weighted by atomic mass is 9.89. The summed E-state index contributed by atoms with van der Waals surface area (Å²) in [6.07, 6.45) is 0.133. The number of rotatable bonds is 7. The number of halogens is 1. The van der Waals surface area contributed by atoms with E-state index in [1.807, 2.05) is 0 Å². The van der Waals surface area contributed by atoms with Crippen LogP contribution in [-0.4, -0.2) is 75.5 Å². The number of nitrogens with zero attached hydrogens (tertiary/aromatic N) is 2. The molecule has 0 amide bonds. The Labute approximate surface area is 171 Å². The fraction of sp³-hybridized carbons (Fsp3) is 0.944. The van der Waals surface area contributed by atoms with Gasteiger partial charge in [0.25, 0.3) is 0 Å². The quantitative estimate of drug-likeness (QED) is 0.340. The van der Waals surface area contributed by atoms with Gasteiger partial charge in [-0.15, -0.1) is 24.0 Å². The van der Waals surface area contributed by atoms with E-state index in [2.05, 4.69) is 57.1 Å². The van der Waals surface area contributed by atoms with Gasteiger partial charge in [0.2, 0.25) is 0 Å². The molecule has 1 heterocycles. The van der Waals surface area contributed by atoms with Crippen molar-refractivity contribution < 1.29 is 9.47 Å². The summed E-state index contributed by atoms with van der Waals surface area (Å²) in [4.78, 5) is 7.26. The van der Waals surface area contributed by atoms with Crippen LogP contribution in [0.2, 0.25) is 0 Å². The second kappa shape index (κ2) is 11.6. The largest absolute Gasteiger partial charge is 0.379 e. The normalized spacial score (nSPS) is 18.4. The summed E-state index contributed by atoms with van der Waals surface area (Å²) >= 11 is 0. The van der Waals surface area contributed by atoms with Crippen LogP contribution in [0.15, 0.2) is 4.99 Å². The molecule has 1 saturated heterocycles. The first-order chi connectivity index (χ1) is 11.2. The zero-order chi connectivity index (χ0) is 18.2. The minimum absolute atomic E-state index is 0. The third-order valence-corrected chi connectivity index (χ3v) is 4.54. The molecule has 150 valence electrons. The SMILES string of the molecule is CCNC(=NCC(C)(C)N1CCOCC1)NCC(OC)C(C)(C)C.I. The van der Waals surface area contributed by atoms with Gasteiger partial charge < -0.3 is 20.1 Å². The molecule has 1 atom stereocenters. The second-order valence-electron chi connectivity index (χ2n) is 8.08. The van der Waals surface area contributed by atoms with Crippen LogP contribution in [0.3, 0.4) is 0 Å². The van der Waals surface area contributed by atoms with E-state index < -0.39 is 0 Å². The van der Waals surface area contributed by atoms with Crippen molar-refractivity contribution in [2.24, 2.45) is 10.4 Å². The Kier molecular flexibility index (Phi) is 11.5. The fourth-order valence-electron chi connectivity index (χ4n) is 2.82. The van der Waals surface area contributed by atoms with E-state index in [1.54, 1.807) is 7.11 Å². The van der Waals surface area contributed by atoms with E-state index in [0.717, 1.165) is 51.9 Å². The highest BCUT2D eigenvalue weighted by Gasteiger charge is 2.28. The molecular weight excluding hydrogens is 431 g/mol. The molecule has 0 aromatic carbocycles. The van der Waals surface area contributed by atoms with E-state index in [9.17, 15) is 0 Å². The molecule has 6 nitrogen and oxygen atoms in total. The molecule has 0 radical (unpaired) electrons. The van der Waals surface area contributed by atoms with Crippen LogP contribution < -0.4 is 10.6 Å². The summed E-state index contributed by atoms with van der Waals surface area (Å²) in [5.41, 5.74) is 0.114. The first kappa shape index (κ1) is 24.9. The first-order valence-electron chi connectivity index (χ1n) is 9.08. The Balaban J connectivity index is 0.00000576. The van der Waals surface area contributed by atoms with Gasteiger partial charge in [-0.05, 0) is 26.2 Å². The van der Waals surface area contributed by atoms with Crippen LogP contribution in [0.1, 0.15) is 41.5 Å². The molecule has 0 aromatic rings. The van der Waals surface area contributed by atoms with Crippen molar-refractivity contribution in [3.63, 3.8) is 0 Å².